The number of likely N-dealkylation sites (tertiary alicyclic amines) is 1. The summed E-state index contributed by atoms with van der Waals surface area (Å²) in [5, 5.41) is 6.13. The second kappa shape index (κ2) is 9.81. The number of rotatable bonds is 7. The molecule has 0 radical (unpaired) electrons. The molecule has 5 nitrogen and oxygen atoms in total. The van der Waals surface area contributed by atoms with Gasteiger partial charge in [-0.05, 0) is 43.5 Å². The standard InChI is InChI=1S/C22H30F3N3O2/c1-15(29)27-11-4-2-3-5-21(30)28-14-19(18-13-26-12-10-20(18)28)16-6-8-17(9-7-16)22(23,24)25/h6-9,18-20,26H,2-5,10-14H2,1H3,(H,27,29)/t18-,19-,20-/m1/s1. The van der Waals surface area contributed by atoms with Gasteiger partial charge in [0.05, 0.1) is 5.56 Å². The molecular weight excluding hydrogens is 395 g/mol. The summed E-state index contributed by atoms with van der Waals surface area (Å²) >= 11 is 0. The summed E-state index contributed by atoms with van der Waals surface area (Å²) in [5.41, 5.74) is 0.224. The van der Waals surface area contributed by atoms with E-state index in [1.165, 1.54) is 6.92 Å². The fraction of sp³-hybridized carbons (Fsp3) is 0.636. The van der Waals surface area contributed by atoms with Gasteiger partial charge in [-0.3, -0.25) is 9.59 Å². The minimum atomic E-state index is -4.34. The Kier molecular flexibility index (Phi) is 7.39. The number of carbonyl (C=O) groups excluding carboxylic acids is 2. The van der Waals surface area contributed by atoms with Crippen molar-refractivity contribution in [3.63, 3.8) is 0 Å². The van der Waals surface area contributed by atoms with Crippen molar-refractivity contribution in [2.24, 2.45) is 5.92 Å². The summed E-state index contributed by atoms with van der Waals surface area (Å²) in [6, 6.07) is 5.55. The number of alkyl halides is 3. The third-order valence-electron chi connectivity index (χ3n) is 6.23. The lowest BCUT2D eigenvalue weighted by atomic mass is 9.82. The maximum absolute atomic E-state index is 12.9. The smallest absolute Gasteiger partial charge is 0.356 e. The monoisotopic (exact) mass is 425 g/mol. The van der Waals surface area contributed by atoms with E-state index in [1.54, 1.807) is 12.1 Å². The van der Waals surface area contributed by atoms with E-state index in [1.807, 2.05) is 4.90 Å². The number of fused-ring (bicyclic) bond motifs is 1. The van der Waals surface area contributed by atoms with E-state index in [0.717, 1.165) is 56.5 Å². The van der Waals surface area contributed by atoms with Crippen LogP contribution in [0.25, 0.3) is 0 Å². The van der Waals surface area contributed by atoms with Gasteiger partial charge in [-0.25, -0.2) is 0 Å². The second-order valence-corrected chi connectivity index (χ2v) is 8.29. The zero-order valence-corrected chi connectivity index (χ0v) is 17.3. The molecule has 3 rings (SSSR count). The van der Waals surface area contributed by atoms with Gasteiger partial charge in [0.15, 0.2) is 0 Å². The van der Waals surface area contributed by atoms with Crippen LogP contribution in [0.5, 0.6) is 0 Å². The molecule has 2 amide bonds. The highest BCUT2D eigenvalue weighted by Crippen LogP contribution is 2.41. The Morgan fingerprint density at radius 3 is 2.57 bits per heavy atom. The van der Waals surface area contributed by atoms with E-state index >= 15 is 0 Å². The molecule has 0 aromatic heterocycles. The summed E-state index contributed by atoms with van der Waals surface area (Å²) in [6.07, 6.45) is -0.512. The zero-order chi connectivity index (χ0) is 21.7. The highest BCUT2D eigenvalue weighted by Gasteiger charge is 2.45. The van der Waals surface area contributed by atoms with E-state index < -0.39 is 11.7 Å². The molecule has 1 aromatic rings. The molecule has 0 unspecified atom stereocenters. The molecular formula is C22H30F3N3O2. The lowest BCUT2D eigenvalue weighted by Gasteiger charge is -2.33. The maximum atomic E-state index is 12.9. The fourth-order valence-corrected chi connectivity index (χ4v) is 4.69. The topological polar surface area (TPSA) is 61.4 Å². The van der Waals surface area contributed by atoms with Crippen molar-refractivity contribution in [1.82, 2.24) is 15.5 Å². The molecule has 1 aromatic carbocycles. The van der Waals surface area contributed by atoms with Crippen LogP contribution in [-0.4, -0.2) is 48.9 Å². The van der Waals surface area contributed by atoms with Gasteiger partial charge >= 0.3 is 6.18 Å². The van der Waals surface area contributed by atoms with Crippen LogP contribution in [0.15, 0.2) is 24.3 Å². The zero-order valence-electron chi connectivity index (χ0n) is 17.3. The normalized spacial score (nSPS) is 23.9. The number of hydrogen-bond donors (Lipinski definition) is 2. The lowest BCUT2D eigenvalue weighted by molar-refractivity contribution is -0.137. The van der Waals surface area contributed by atoms with Gasteiger partial charge in [-0.1, -0.05) is 18.6 Å². The van der Waals surface area contributed by atoms with Crippen LogP contribution in [0.3, 0.4) is 0 Å². The molecule has 2 aliphatic heterocycles. The van der Waals surface area contributed by atoms with Crippen LogP contribution in [0.2, 0.25) is 0 Å². The third-order valence-corrected chi connectivity index (χ3v) is 6.23. The number of benzene rings is 1. The first-order valence-corrected chi connectivity index (χ1v) is 10.7. The van der Waals surface area contributed by atoms with Gasteiger partial charge in [0, 0.05) is 50.9 Å². The van der Waals surface area contributed by atoms with Crippen molar-refractivity contribution < 1.29 is 22.8 Å². The summed E-state index contributed by atoms with van der Waals surface area (Å²) in [5.74, 6) is 0.350. The van der Waals surface area contributed by atoms with E-state index in [-0.39, 0.29) is 29.7 Å². The molecule has 2 saturated heterocycles. The summed E-state index contributed by atoms with van der Waals surface area (Å²) < 4.78 is 38.7. The maximum Gasteiger partial charge on any atom is 0.416 e. The van der Waals surface area contributed by atoms with Crippen LogP contribution < -0.4 is 10.6 Å². The largest absolute Gasteiger partial charge is 0.416 e. The highest BCUT2D eigenvalue weighted by molar-refractivity contribution is 5.77. The molecule has 0 aliphatic carbocycles. The quantitative estimate of drug-likeness (QED) is 0.659. The summed E-state index contributed by atoms with van der Waals surface area (Å²) in [4.78, 5) is 25.7. The van der Waals surface area contributed by atoms with Gasteiger partial charge < -0.3 is 15.5 Å². The van der Waals surface area contributed by atoms with Crippen LogP contribution in [-0.2, 0) is 15.8 Å². The van der Waals surface area contributed by atoms with Crippen LogP contribution in [0.1, 0.15) is 56.1 Å². The first-order chi connectivity index (χ1) is 14.3. The average Bonchev–Trinajstić information content (AvgIpc) is 3.09. The molecule has 0 spiro atoms. The summed E-state index contributed by atoms with van der Waals surface area (Å²) in [6.45, 7) is 4.30. The molecule has 0 saturated carbocycles. The number of carbonyl (C=O) groups is 2. The molecule has 2 heterocycles. The van der Waals surface area contributed by atoms with Crippen LogP contribution in [0.4, 0.5) is 13.2 Å². The minimum Gasteiger partial charge on any atom is -0.356 e. The van der Waals surface area contributed by atoms with Crippen molar-refractivity contribution in [3.8, 4) is 0 Å². The first kappa shape index (κ1) is 22.6. The van der Waals surface area contributed by atoms with E-state index in [9.17, 15) is 22.8 Å². The molecule has 2 N–H and O–H groups in total. The third kappa shape index (κ3) is 5.53. The lowest BCUT2D eigenvalue weighted by Crippen LogP contribution is -2.46. The van der Waals surface area contributed by atoms with Crippen LogP contribution in [0, 0.1) is 5.92 Å². The molecule has 8 heteroatoms. The Labute approximate surface area is 175 Å². The van der Waals surface area contributed by atoms with Gasteiger partial charge in [0.25, 0.3) is 0 Å². The number of nitrogens with zero attached hydrogens (tertiary/aromatic N) is 1. The fourth-order valence-electron chi connectivity index (χ4n) is 4.69. The molecule has 0 bridgehead atoms. The van der Waals surface area contributed by atoms with Gasteiger partial charge in [0.1, 0.15) is 0 Å². The van der Waals surface area contributed by atoms with E-state index in [0.29, 0.717) is 19.5 Å². The Bertz CT molecular complexity index is 736. The van der Waals surface area contributed by atoms with Crippen molar-refractivity contribution >= 4 is 11.8 Å². The SMILES string of the molecule is CC(=O)NCCCCCC(=O)N1C[C@H](c2ccc(C(F)(F)F)cc2)[C@H]2CNCC[C@H]21. The van der Waals surface area contributed by atoms with Crippen molar-refractivity contribution in [1.29, 1.82) is 0 Å². The Hall–Kier alpha value is -2.09. The predicted octanol–water partition coefficient (Wildman–Crippen LogP) is 3.31. The Morgan fingerprint density at radius 1 is 1.17 bits per heavy atom. The van der Waals surface area contributed by atoms with E-state index in [4.69, 9.17) is 0 Å². The Morgan fingerprint density at radius 2 is 1.90 bits per heavy atom. The van der Waals surface area contributed by atoms with Crippen molar-refractivity contribution in [2.75, 3.05) is 26.2 Å². The molecule has 166 valence electrons. The number of halogens is 3. The van der Waals surface area contributed by atoms with Gasteiger partial charge in [-0.15, -0.1) is 0 Å². The number of unbranched alkanes of at least 4 members (excludes halogenated alkanes) is 2. The summed E-state index contributed by atoms with van der Waals surface area (Å²) in [7, 11) is 0. The number of hydrogen-bond acceptors (Lipinski definition) is 3. The predicted molar refractivity (Wildman–Crippen MR) is 108 cm³/mol. The van der Waals surface area contributed by atoms with E-state index in [2.05, 4.69) is 10.6 Å². The minimum absolute atomic E-state index is 0.0469. The van der Waals surface area contributed by atoms with Gasteiger partial charge in [0.2, 0.25) is 11.8 Å². The number of piperidine rings is 1. The number of amides is 2. The first-order valence-electron chi connectivity index (χ1n) is 10.7. The highest BCUT2D eigenvalue weighted by atomic mass is 19.4. The molecule has 2 fully saturated rings. The average molecular weight is 425 g/mol. The van der Waals surface area contributed by atoms with Gasteiger partial charge in [-0.2, -0.15) is 13.2 Å². The van der Waals surface area contributed by atoms with Crippen LogP contribution >= 0.6 is 0 Å². The molecule has 30 heavy (non-hydrogen) atoms. The molecule has 3 atom stereocenters. The number of nitrogens with one attached hydrogen (secondary N) is 2. The second-order valence-electron chi connectivity index (χ2n) is 8.29. The Balaban J connectivity index is 1.60. The van der Waals surface area contributed by atoms with Crippen molar-refractivity contribution in [3.05, 3.63) is 35.4 Å². The van der Waals surface area contributed by atoms with Crippen molar-refractivity contribution in [2.45, 2.75) is 57.2 Å². The molecule has 2 aliphatic rings.